The van der Waals surface area contributed by atoms with Gasteiger partial charge in [0.05, 0.1) is 6.54 Å². The third kappa shape index (κ3) is 7.99. The number of halogens is 3. The van der Waals surface area contributed by atoms with Gasteiger partial charge in [-0.3, -0.25) is 4.79 Å². The van der Waals surface area contributed by atoms with Gasteiger partial charge in [-0.1, -0.05) is 54.1 Å². The first-order valence-corrected chi connectivity index (χ1v) is 14.6. The Balaban J connectivity index is 1.57. The highest BCUT2D eigenvalue weighted by Gasteiger charge is 2.35. The lowest BCUT2D eigenvalue weighted by molar-refractivity contribution is -0.153. The molecule has 0 radical (unpaired) electrons. The number of furan rings is 1. The molecule has 9 heteroatoms. The molecule has 0 aliphatic heterocycles. The Kier molecular flexibility index (Phi) is 9.31. The molecular weight excluding hydrogens is 567 g/mol. The summed E-state index contributed by atoms with van der Waals surface area (Å²) in [6.07, 6.45) is -4.53. The van der Waals surface area contributed by atoms with E-state index < -0.39 is 22.7 Å². The van der Waals surface area contributed by atoms with Gasteiger partial charge in [0.1, 0.15) is 10.5 Å². The predicted octanol–water partition coefficient (Wildman–Crippen LogP) is 9.56. The highest BCUT2D eigenvalue weighted by atomic mass is 32.2. The average Bonchev–Trinajstić information content (AvgIpc) is 3.35. The molecule has 0 aliphatic rings. The second-order valence-corrected chi connectivity index (χ2v) is 13.3. The zero-order valence-electron chi connectivity index (χ0n) is 23.5. The van der Waals surface area contributed by atoms with Gasteiger partial charge in [-0.15, -0.1) is 11.8 Å². The van der Waals surface area contributed by atoms with Gasteiger partial charge in [-0.2, -0.15) is 13.2 Å². The lowest BCUT2D eigenvalue weighted by Crippen LogP contribution is -2.26. The van der Waals surface area contributed by atoms with Crippen molar-refractivity contribution >= 4 is 29.7 Å². The fraction of sp³-hybridized carbons (Fsp3) is 0.281. The van der Waals surface area contributed by atoms with E-state index in [9.17, 15) is 23.1 Å². The molecule has 0 saturated carbocycles. The smallest absolute Gasteiger partial charge is 0.449 e. The molecule has 0 aliphatic carbocycles. The van der Waals surface area contributed by atoms with Crippen LogP contribution in [0.2, 0.25) is 0 Å². The van der Waals surface area contributed by atoms with Gasteiger partial charge < -0.3 is 9.52 Å². The van der Waals surface area contributed by atoms with Crippen LogP contribution in [0, 0.1) is 20.8 Å². The molecule has 0 spiro atoms. The Hall–Kier alpha value is -3.14. The summed E-state index contributed by atoms with van der Waals surface area (Å²) in [5.41, 5.74) is 6.30. The maximum Gasteiger partial charge on any atom is 0.449 e. The van der Waals surface area contributed by atoms with Crippen molar-refractivity contribution in [3.05, 3.63) is 107 Å². The van der Waals surface area contributed by atoms with Gasteiger partial charge in [-0.05, 0) is 98.6 Å². The molecular formula is C32H32F3NO3S2. The van der Waals surface area contributed by atoms with Crippen LogP contribution in [0.5, 0.6) is 0 Å². The molecule has 4 nitrogen and oxygen atoms in total. The first-order chi connectivity index (χ1) is 19.2. The summed E-state index contributed by atoms with van der Waals surface area (Å²) >= 11 is 2.80. The Morgan fingerprint density at radius 1 is 0.878 bits per heavy atom. The summed E-state index contributed by atoms with van der Waals surface area (Å²) in [7, 11) is 0. The maximum absolute atomic E-state index is 13.2. The number of nitrogens with zero attached hydrogens (tertiary/aromatic N) is 1. The SMILES string of the molecule is Cc1cc(C)c(SN(Cc2ccc(-c3cccc(SC(C)(C)C(=O)O)c3)cc2)Cc2ccc(C(F)(F)F)o2)c(C)c1. The monoisotopic (exact) mass is 599 g/mol. The van der Waals surface area contributed by atoms with Gasteiger partial charge >= 0.3 is 12.1 Å². The number of aryl methyl sites for hydroxylation is 3. The number of thioether (sulfide) groups is 1. The predicted molar refractivity (Wildman–Crippen MR) is 159 cm³/mol. The van der Waals surface area contributed by atoms with E-state index in [1.165, 1.54) is 29.8 Å². The molecule has 4 rings (SSSR count). The van der Waals surface area contributed by atoms with Crippen molar-refractivity contribution in [2.45, 2.75) is 68.4 Å². The lowest BCUT2D eigenvalue weighted by atomic mass is 10.0. The van der Waals surface area contributed by atoms with E-state index >= 15 is 0 Å². The Morgan fingerprint density at radius 2 is 1.54 bits per heavy atom. The minimum absolute atomic E-state index is 0.188. The first-order valence-electron chi connectivity index (χ1n) is 13.0. The van der Waals surface area contributed by atoms with E-state index in [2.05, 4.69) is 12.1 Å². The van der Waals surface area contributed by atoms with Crippen molar-refractivity contribution < 1.29 is 27.5 Å². The number of rotatable bonds is 10. The van der Waals surface area contributed by atoms with E-state index in [1.54, 1.807) is 13.8 Å². The molecule has 0 amide bonds. The molecule has 4 aromatic rings. The van der Waals surface area contributed by atoms with Crippen molar-refractivity contribution in [2.24, 2.45) is 0 Å². The number of benzene rings is 3. The zero-order valence-corrected chi connectivity index (χ0v) is 25.1. The Morgan fingerprint density at radius 3 is 2.12 bits per heavy atom. The molecule has 1 aromatic heterocycles. The van der Waals surface area contributed by atoms with Crippen molar-refractivity contribution in [3.63, 3.8) is 0 Å². The van der Waals surface area contributed by atoms with E-state index in [0.29, 0.717) is 6.54 Å². The van der Waals surface area contributed by atoms with Crippen LogP contribution in [0.15, 0.2) is 87.0 Å². The van der Waals surface area contributed by atoms with Crippen molar-refractivity contribution in [1.82, 2.24) is 4.31 Å². The van der Waals surface area contributed by atoms with E-state index in [4.69, 9.17) is 4.42 Å². The largest absolute Gasteiger partial charge is 0.480 e. The highest BCUT2D eigenvalue weighted by Crippen LogP contribution is 2.37. The number of hydrogen-bond acceptors (Lipinski definition) is 5. The minimum atomic E-state index is -4.53. The summed E-state index contributed by atoms with van der Waals surface area (Å²) in [6.45, 7) is 10.1. The zero-order chi connectivity index (χ0) is 29.9. The number of alkyl halides is 3. The van der Waals surface area contributed by atoms with Gasteiger partial charge in [-0.25, -0.2) is 4.31 Å². The second-order valence-electron chi connectivity index (χ2n) is 10.5. The van der Waals surface area contributed by atoms with Gasteiger partial charge in [0.25, 0.3) is 0 Å². The highest BCUT2D eigenvalue weighted by molar-refractivity contribution is 8.01. The van der Waals surface area contributed by atoms with Crippen LogP contribution in [0.3, 0.4) is 0 Å². The molecule has 0 atom stereocenters. The van der Waals surface area contributed by atoms with Crippen LogP contribution < -0.4 is 0 Å². The van der Waals surface area contributed by atoms with Crippen LogP contribution in [0.1, 0.15) is 47.6 Å². The van der Waals surface area contributed by atoms with Crippen LogP contribution in [0.25, 0.3) is 11.1 Å². The number of carboxylic acid groups (broad SMARTS) is 1. The summed E-state index contributed by atoms with van der Waals surface area (Å²) in [4.78, 5) is 13.5. The molecule has 0 bridgehead atoms. The number of carboxylic acids is 1. The molecule has 0 unspecified atom stereocenters. The molecule has 3 aromatic carbocycles. The van der Waals surface area contributed by atoms with Crippen LogP contribution in [0.4, 0.5) is 13.2 Å². The third-order valence-corrected chi connectivity index (χ3v) is 8.98. The van der Waals surface area contributed by atoms with Crippen molar-refractivity contribution in [1.29, 1.82) is 0 Å². The van der Waals surface area contributed by atoms with E-state index in [1.807, 2.05) is 73.6 Å². The number of carbonyl (C=O) groups is 1. The Bertz CT molecular complexity index is 1500. The first kappa shape index (κ1) is 30.8. The van der Waals surface area contributed by atoms with Crippen LogP contribution >= 0.6 is 23.7 Å². The number of hydrogen-bond donors (Lipinski definition) is 1. The molecule has 216 valence electrons. The molecule has 0 saturated heterocycles. The lowest BCUT2D eigenvalue weighted by Gasteiger charge is -2.23. The molecule has 0 fully saturated rings. The van der Waals surface area contributed by atoms with Crippen LogP contribution in [-0.4, -0.2) is 20.1 Å². The van der Waals surface area contributed by atoms with E-state index in [-0.39, 0.29) is 12.3 Å². The molecule has 1 N–H and O–H groups in total. The van der Waals surface area contributed by atoms with Gasteiger partial charge in [0.2, 0.25) is 5.76 Å². The fourth-order valence-electron chi connectivity index (χ4n) is 4.43. The summed E-state index contributed by atoms with van der Waals surface area (Å²) in [5.74, 6) is -1.64. The topological polar surface area (TPSA) is 53.7 Å². The summed E-state index contributed by atoms with van der Waals surface area (Å²) in [6, 6.07) is 22.3. The summed E-state index contributed by atoms with van der Waals surface area (Å²) in [5, 5.41) is 9.47. The quantitative estimate of drug-likeness (QED) is 0.145. The van der Waals surface area contributed by atoms with Gasteiger partial charge in [0.15, 0.2) is 0 Å². The normalized spacial score (nSPS) is 12.2. The fourth-order valence-corrected chi connectivity index (χ4v) is 6.51. The minimum Gasteiger partial charge on any atom is -0.480 e. The third-order valence-electron chi connectivity index (χ3n) is 6.47. The molecule has 1 heterocycles. The summed E-state index contributed by atoms with van der Waals surface area (Å²) < 4.78 is 45.7. The molecule has 41 heavy (non-hydrogen) atoms. The number of aliphatic carboxylic acids is 1. The Labute approximate surface area is 247 Å². The van der Waals surface area contributed by atoms with E-state index in [0.717, 1.165) is 49.2 Å². The van der Waals surface area contributed by atoms with Crippen molar-refractivity contribution in [3.8, 4) is 11.1 Å². The maximum atomic E-state index is 13.2. The standard InChI is InChI=1S/C32H32F3NO3S2/c1-20-15-21(2)29(22(3)16-20)41-36(19-26-13-14-28(39-26)32(33,34)35)18-23-9-11-24(12-10-23)25-7-6-8-27(17-25)40-31(4,5)30(37)38/h6-17H,18-19H2,1-5H3,(H,37,38). The van der Waals surface area contributed by atoms with Crippen molar-refractivity contribution in [2.75, 3.05) is 0 Å². The second kappa shape index (κ2) is 12.4. The average molecular weight is 600 g/mol. The van der Waals surface area contributed by atoms with Gasteiger partial charge in [0, 0.05) is 16.3 Å². The van der Waals surface area contributed by atoms with Crippen LogP contribution in [-0.2, 0) is 24.1 Å².